The Balaban J connectivity index is 1.72. The molecular formula is C15H15FN4O2. The molecular weight excluding hydrogens is 287 g/mol. The lowest BCUT2D eigenvalue weighted by Gasteiger charge is -2.10. The van der Waals surface area contributed by atoms with Gasteiger partial charge in [-0.2, -0.15) is 5.10 Å². The second-order valence-corrected chi connectivity index (χ2v) is 5.62. The summed E-state index contributed by atoms with van der Waals surface area (Å²) in [6.45, 7) is 1.88. The highest BCUT2D eigenvalue weighted by molar-refractivity contribution is 6.09. The zero-order chi connectivity index (χ0) is 15.7. The summed E-state index contributed by atoms with van der Waals surface area (Å²) < 4.78 is 12.8. The standard InChI is InChI=1S/C15H15FN4O2/c1-15(6-7-15)14(22)19-11-8-17-20-12(11)13(21)18-10-4-2-9(16)3-5-10/h2-5,8H,6-7H2,1H3,(H,17,20)(H,18,21)(H,19,22). The van der Waals surface area contributed by atoms with Gasteiger partial charge in [0, 0.05) is 17.3 Å². The molecule has 1 aliphatic carbocycles. The third-order valence-electron chi connectivity index (χ3n) is 3.75. The highest BCUT2D eigenvalue weighted by Gasteiger charge is 2.45. The van der Waals surface area contributed by atoms with E-state index in [1.54, 1.807) is 0 Å². The smallest absolute Gasteiger partial charge is 0.278 e. The van der Waals surface area contributed by atoms with Gasteiger partial charge in [0.1, 0.15) is 5.82 Å². The summed E-state index contributed by atoms with van der Waals surface area (Å²) in [6, 6.07) is 5.39. The van der Waals surface area contributed by atoms with Gasteiger partial charge in [-0.25, -0.2) is 4.39 Å². The number of rotatable bonds is 4. The van der Waals surface area contributed by atoms with Crippen LogP contribution < -0.4 is 10.6 Å². The van der Waals surface area contributed by atoms with Crippen LogP contribution in [-0.4, -0.2) is 22.0 Å². The molecule has 1 saturated carbocycles. The fraction of sp³-hybridized carbons (Fsp3) is 0.267. The number of halogens is 1. The Kier molecular flexibility index (Phi) is 3.40. The van der Waals surface area contributed by atoms with Gasteiger partial charge < -0.3 is 10.6 Å². The number of H-pyrrole nitrogens is 1. The van der Waals surface area contributed by atoms with Crippen LogP contribution in [0.3, 0.4) is 0 Å². The molecule has 2 aromatic rings. The second kappa shape index (κ2) is 5.25. The number of nitrogens with zero attached hydrogens (tertiary/aromatic N) is 1. The number of aromatic nitrogens is 2. The number of hydrogen-bond donors (Lipinski definition) is 3. The monoisotopic (exact) mass is 302 g/mol. The van der Waals surface area contributed by atoms with E-state index in [1.807, 2.05) is 6.92 Å². The zero-order valence-electron chi connectivity index (χ0n) is 11.9. The first kappa shape index (κ1) is 14.2. The number of hydrogen-bond acceptors (Lipinski definition) is 3. The van der Waals surface area contributed by atoms with Crippen LogP contribution in [0.15, 0.2) is 30.5 Å². The maximum atomic E-state index is 12.8. The highest BCUT2D eigenvalue weighted by atomic mass is 19.1. The van der Waals surface area contributed by atoms with Gasteiger partial charge in [0.15, 0.2) is 5.69 Å². The molecule has 0 bridgehead atoms. The minimum atomic E-state index is -0.482. The van der Waals surface area contributed by atoms with Gasteiger partial charge in [-0.05, 0) is 37.1 Å². The van der Waals surface area contributed by atoms with E-state index in [0.29, 0.717) is 11.4 Å². The molecule has 0 unspecified atom stereocenters. The Hall–Kier alpha value is -2.70. The number of nitrogens with one attached hydrogen (secondary N) is 3. The van der Waals surface area contributed by atoms with Crippen molar-refractivity contribution in [2.75, 3.05) is 10.6 Å². The SMILES string of the molecule is CC1(C(=O)Nc2c[nH]nc2C(=O)Nc2ccc(F)cc2)CC1. The van der Waals surface area contributed by atoms with Crippen LogP contribution in [0, 0.1) is 11.2 Å². The first-order valence-corrected chi connectivity index (χ1v) is 6.90. The largest absolute Gasteiger partial charge is 0.322 e. The molecule has 6 nitrogen and oxygen atoms in total. The molecule has 114 valence electrons. The molecule has 1 fully saturated rings. The molecule has 0 aliphatic heterocycles. The van der Waals surface area contributed by atoms with E-state index < -0.39 is 5.91 Å². The molecule has 22 heavy (non-hydrogen) atoms. The van der Waals surface area contributed by atoms with Crippen molar-refractivity contribution in [1.29, 1.82) is 0 Å². The van der Waals surface area contributed by atoms with E-state index in [2.05, 4.69) is 20.8 Å². The summed E-state index contributed by atoms with van der Waals surface area (Å²) in [5.41, 5.74) is 0.516. The van der Waals surface area contributed by atoms with E-state index >= 15 is 0 Å². The van der Waals surface area contributed by atoms with Crippen LogP contribution >= 0.6 is 0 Å². The van der Waals surface area contributed by atoms with Gasteiger partial charge in [-0.3, -0.25) is 14.7 Å². The van der Waals surface area contributed by atoms with E-state index in [1.165, 1.54) is 30.5 Å². The van der Waals surface area contributed by atoms with Crippen molar-refractivity contribution in [3.8, 4) is 0 Å². The van der Waals surface area contributed by atoms with Gasteiger partial charge in [-0.1, -0.05) is 6.92 Å². The molecule has 3 N–H and O–H groups in total. The molecule has 3 rings (SSSR count). The number of carbonyl (C=O) groups excluding carboxylic acids is 2. The van der Waals surface area contributed by atoms with Crippen molar-refractivity contribution in [2.24, 2.45) is 5.41 Å². The summed E-state index contributed by atoms with van der Waals surface area (Å²) >= 11 is 0. The summed E-state index contributed by atoms with van der Waals surface area (Å²) in [5, 5.41) is 11.7. The minimum absolute atomic E-state index is 0.0851. The lowest BCUT2D eigenvalue weighted by molar-refractivity contribution is -0.120. The Labute approximate surface area is 126 Å². The first-order valence-electron chi connectivity index (χ1n) is 6.90. The zero-order valence-corrected chi connectivity index (χ0v) is 11.9. The molecule has 7 heteroatoms. The van der Waals surface area contributed by atoms with Crippen molar-refractivity contribution in [1.82, 2.24) is 10.2 Å². The van der Waals surface area contributed by atoms with Crippen molar-refractivity contribution in [3.63, 3.8) is 0 Å². The molecule has 0 atom stereocenters. The molecule has 0 saturated heterocycles. The lowest BCUT2D eigenvalue weighted by Crippen LogP contribution is -2.23. The number of amides is 2. The van der Waals surface area contributed by atoms with Crippen molar-refractivity contribution in [3.05, 3.63) is 42.0 Å². The molecule has 1 aliphatic rings. The van der Waals surface area contributed by atoms with Crippen LogP contribution in [0.25, 0.3) is 0 Å². The van der Waals surface area contributed by atoms with E-state index in [9.17, 15) is 14.0 Å². The van der Waals surface area contributed by atoms with Crippen LogP contribution in [0.2, 0.25) is 0 Å². The third-order valence-corrected chi connectivity index (χ3v) is 3.75. The quantitative estimate of drug-likeness (QED) is 0.811. The minimum Gasteiger partial charge on any atom is -0.322 e. The second-order valence-electron chi connectivity index (χ2n) is 5.62. The molecule has 0 radical (unpaired) electrons. The van der Waals surface area contributed by atoms with E-state index in [-0.39, 0.29) is 22.8 Å². The average molecular weight is 302 g/mol. The summed E-state index contributed by atoms with van der Waals surface area (Å²) in [5.74, 6) is -0.989. The third kappa shape index (κ3) is 2.83. The molecule has 0 spiro atoms. The Morgan fingerprint density at radius 3 is 2.55 bits per heavy atom. The maximum Gasteiger partial charge on any atom is 0.278 e. The molecule has 1 heterocycles. The topological polar surface area (TPSA) is 86.9 Å². The fourth-order valence-electron chi connectivity index (χ4n) is 1.97. The highest BCUT2D eigenvalue weighted by Crippen LogP contribution is 2.45. The fourth-order valence-corrected chi connectivity index (χ4v) is 1.97. The van der Waals surface area contributed by atoms with Crippen LogP contribution in [0.4, 0.5) is 15.8 Å². The van der Waals surface area contributed by atoms with Crippen molar-refractivity contribution >= 4 is 23.2 Å². The van der Waals surface area contributed by atoms with Crippen molar-refractivity contribution in [2.45, 2.75) is 19.8 Å². The average Bonchev–Trinajstić information content (AvgIpc) is 3.08. The van der Waals surface area contributed by atoms with Crippen molar-refractivity contribution < 1.29 is 14.0 Å². The van der Waals surface area contributed by atoms with E-state index in [4.69, 9.17) is 0 Å². The number of benzene rings is 1. The van der Waals surface area contributed by atoms with Gasteiger partial charge in [0.2, 0.25) is 5.91 Å². The van der Waals surface area contributed by atoms with Gasteiger partial charge in [0.25, 0.3) is 5.91 Å². The predicted octanol–water partition coefficient (Wildman–Crippen LogP) is 2.54. The maximum absolute atomic E-state index is 12.8. The molecule has 2 amide bonds. The molecule has 1 aromatic heterocycles. The van der Waals surface area contributed by atoms with Gasteiger partial charge in [-0.15, -0.1) is 0 Å². The summed E-state index contributed by atoms with van der Waals surface area (Å²) in [7, 11) is 0. The van der Waals surface area contributed by atoms with Crippen LogP contribution in [0.1, 0.15) is 30.3 Å². The van der Waals surface area contributed by atoms with Crippen LogP contribution in [0.5, 0.6) is 0 Å². The summed E-state index contributed by atoms with van der Waals surface area (Å²) in [4.78, 5) is 24.2. The first-order chi connectivity index (χ1) is 10.5. The predicted molar refractivity (Wildman–Crippen MR) is 78.9 cm³/mol. The number of aromatic amines is 1. The number of carbonyl (C=O) groups is 2. The molecule has 1 aromatic carbocycles. The Bertz CT molecular complexity index is 719. The Morgan fingerprint density at radius 1 is 1.23 bits per heavy atom. The normalized spacial score (nSPS) is 15.2. The van der Waals surface area contributed by atoms with E-state index in [0.717, 1.165) is 12.8 Å². The van der Waals surface area contributed by atoms with Gasteiger partial charge >= 0.3 is 0 Å². The summed E-state index contributed by atoms with van der Waals surface area (Å²) in [6.07, 6.45) is 3.14. The lowest BCUT2D eigenvalue weighted by atomic mass is 10.1. The number of anilines is 2. The van der Waals surface area contributed by atoms with Gasteiger partial charge in [0.05, 0.1) is 5.69 Å². The van der Waals surface area contributed by atoms with Crippen LogP contribution in [-0.2, 0) is 4.79 Å². The Morgan fingerprint density at radius 2 is 1.91 bits per heavy atom.